The standard InChI is InChI=1S/C9H8O6/c10-5(3-8(13)14)4-1-6(11)9(15)7(12)2-4/h1-2,11-12,15H,3H2,(H,13,14). The number of Topliss-reactive ketones (excluding diaryl/α,β-unsaturated/α-hetero) is 1. The van der Waals surface area contributed by atoms with Crippen molar-refractivity contribution in [3.05, 3.63) is 17.7 Å². The number of carboxylic acid groups (broad SMARTS) is 1. The lowest BCUT2D eigenvalue weighted by Gasteiger charge is -2.03. The summed E-state index contributed by atoms with van der Waals surface area (Å²) in [7, 11) is 0. The summed E-state index contributed by atoms with van der Waals surface area (Å²) in [5.41, 5.74) is -0.176. The maximum absolute atomic E-state index is 11.2. The molecule has 0 atom stereocenters. The summed E-state index contributed by atoms with van der Waals surface area (Å²) >= 11 is 0. The van der Waals surface area contributed by atoms with E-state index in [1.807, 2.05) is 0 Å². The van der Waals surface area contributed by atoms with Crippen LogP contribution in [0.2, 0.25) is 0 Å². The third-order valence-corrected chi connectivity index (χ3v) is 1.70. The van der Waals surface area contributed by atoms with E-state index < -0.39 is 35.4 Å². The van der Waals surface area contributed by atoms with Crippen LogP contribution in [0.25, 0.3) is 0 Å². The van der Waals surface area contributed by atoms with Crippen LogP contribution in [-0.2, 0) is 4.79 Å². The van der Waals surface area contributed by atoms with Crippen LogP contribution < -0.4 is 0 Å². The lowest BCUT2D eigenvalue weighted by molar-refractivity contribution is -0.135. The molecule has 0 heterocycles. The number of aliphatic carboxylic acids is 1. The predicted octanol–water partition coefficient (Wildman–Crippen LogP) is 0.461. The van der Waals surface area contributed by atoms with Crippen molar-refractivity contribution < 1.29 is 30.0 Å². The van der Waals surface area contributed by atoms with Crippen molar-refractivity contribution in [1.82, 2.24) is 0 Å². The second-order valence-electron chi connectivity index (χ2n) is 2.86. The van der Waals surface area contributed by atoms with Crippen molar-refractivity contribution >= 4 is 11.8 Å². The summed E-state index contributed by atoms with van der Waals surface area (Å²) in [6, 6.07) is 1.78. The molecule has 0 unspecified atom stereocenters. The van der Waals surface area contributed by atoms with Crippen LogP contribution in [0, 0.1) is 0 Å². The zero-order valence-electron chi connectivity index (χ0n) is 7.47. The van der Waals surface area contributed by atoms with Gasteiger partial charge < -0.3 is 20.4 Å². The fraction of sp³-hybridized carbons (Fsp3) is 0.111. The van der Waals surface area contributed by atoms with Gasteiger partial charge in [-0.05, 0) is 12.1 Å². The number of rotatable bonds is 3. The number of aromatic hydroxyl groups is 3. The van der Waals surface area contributed by atoms with Crippen molar-refractivity contribution in [1.29, 1.82) is 0 Å². The summed E-state index contributed by atoms with van der Waals surface area (Å²) in [6.45, 7) is 0. The van der Waals surface area contributed by atoms with Gasteiger partial charge in [-0.1, -0.05) is 0 Å². The van der Waals surface area contributed by atoms with Gasteiger partial charge in [0.15, 0.2) is 23.0 Å². The van der Waals surface area contributed by atoms with Gasteiger partial charge in [-0.15, -0.1) is 0 Å². The van der Waals surface area contributed by atoms with Gasteiger partial charge in [-0.3, -0.25) is 9.59 Å². The first-order valence-corrected chi connectivity index (χ1v) is 3.91. The van der Waals surface area contributed by atoms with Gasteiger partial charge >= 0.3 is 5.97 Å². The monoisotopic (exact) mass is 212 g/mol. The lowest BCUT2D eigenvalue weighted by atomic mass is 10.1. The fourth-order valence-corrected chi connectivity index (χ4v) is 1.00. The Morgan fingerprint density at radius 2 is 1.53 bits per heavy atom. The van der Waals surface area contributed by atoms with E-state index in [0.717, 1.165) is 12.1 Å². The van der Waals surface area contributed by atoms with Crippen LogP contribution in [-0.4, -0.2) is 32.2 Å². The van der Waals surface area contributed by atoms with Crippen molar-refractivity contribution in [3.63, 3.8) is 0 Å². The molecule has 4 N–H and O–H groups in total. The molecule has 1 rings (SSSR count). The Morgan fingerprint density at radius 1 is 1.07 bits per heavy atom. The summed E-state index contributed by atoms with van der Waals surface area (Å²) in [4.78, 5) is 21.4. The largest absolute Gasteiger partial charge is 0.504 e. The highest BCUT2D eigenvalue weighted by Crippen LogP contribution is 2.35. The molecule has 6 heteroatoms. The SMILES string of the molecule is O=C(O)CC(=O)c1cc(O)c(O)c(O)c1. The molecule has 0 aliphatic rings. The van der Waals surface area contributed by atoms with E-state index in [9.17, 15) is 9.59 Å². The van der Waals surface area contributed by atoms with E-state index >= 15 is 0 Å². The minimum absolute atomic E-state index is 0.176. The number of carbonyl (C=O) groups excluding carboxylic acids is 1. The van der Waals surface area contributed by atoms with E-state index in [4.69, 9.17) is 20.4 Å². The van der Waals surface area contributed by atoms with Crippen molar-refractivity contribution in [2.75, 3.05) is 0 Å². The molecule has 0 amide bonds. The Morgan fingerprint density at radius 3 is 1.93 bits per heavy atom. The molecule has 0 saturated carbocycles. The number of phenolic OH excluding ortho intramolecular Hbond substituents is 3. The molecule has 0 bridgehead atoms. The first-order chi connectivity index (χ1) is 6.91. The van der Waals surface area contributed by atoms with Gasteiger partial charge in [0.2, 0.25) is 0 Å². The molecule has 0 fully saturated rings. The Hall–Kier alpha value is -2.24. The zero-order chi connectivity index (χ0) is 11.6. The maximum atomic E-state index is 11.2. The molecule has 6 nitrogen and oxygen atoms in total. The normalized spacial score (nSPS) is 9.87. The van der Waals surface area contributed by atoms with Crippen LogP contribution in [0.3, 0.4) is 0 Å². The van der Waals surface area contributed by atoms with Crippen LogP contribution >= 0.6 is 0 Å². The summed E-state index contributed by atoms with van der Waals surface area (Å²) in [6.07, 6.45) is -0.746. The number of carboxylic acids is 1. The summed E-state index contributed by atoms with van der Waals surface area (Å²) in [5, 5.41) is 35.4. The van der Waals surface area contributed by atoms with Crippen LogP contribution in [0.15, 0.2) is 12.1 Å². The van der Waals surface area contributed by atoms with Crippen molar-refractivity contribution in [2.45, 2.75) is 6.42 Å². The Kier molecular flexibility index (Phi) is 2.80. The molecule has 80 valence electrons. The average molecular weight is 212 g/mol. The van der Waals surface area contributed by atoms with E-state index in [-0.39, 0.29) is 5.56 Å². The number of ketones is 1. The molecule has 0 spiro atoms. The quantitative estimate of drug-likeness (QED) is 0.328. The van der Waals surface area contributed by atoms with E-state index in [2.05, 4.69) is 0 Å². The summed E-state index contributed by atoms with van der Waals surface area (Å²) < 4.78 is 0. The number of phenols is 3. The Balaban J connectivity index is 3.06. The second-order valence-corrected chi connectivity index (χ2v) is 2.86. The number of hydrogen-bond donors (Lipinski definition) is 4. The Bertz CT molecular complexity index is 400. The topological polar surface area (TPSA) is 115 Å². The molecule has 0 aliphatic carbocycles. The fourth-order valence-electron chi connectivity index (χ4n) is 1.00. The molecular weight excluding hydrogens is 204 g/mol. The van der Waals surface area contributed by atoms with Crippen LogP contribution in [0.5, 0.6) is 17.2 Å². The third-order valence-electron chi connectivity index (χ3n) is 1.70. The minimum Gasteiger partial charge on any atom is -0.504 e. The Labute approximate surface area is 84.0 Å². The van der Waals surface area contributed by atoms with Gasteiger partial charge in [0.05, 0.1) is 0 Å². The van der Waals surface area contributed by atoms with Gasteiger partial charge in [0, 0.05) is 5.56 Å². The highest BCUT2D eigenvalue weighted by molar-refractivity contribution is 6.06. The van der Waals surface area contributed by atoms with Gasteiger partial charge in [0.25, 0.3) is 0 Å². The molecule has 1 aromatic rings. The number of hydrogen-bond acceptors (Lipinski definition) is 5. The average Bonchev–Trinajstić information content (AvgIpc) is 2.12. The molecule has 1 aromatic carbocycles. The van der Waals surface area contributed by atoms with Gasteiger partial charge in [-0.2, -0.15) is 0 Å². The van der Waals surface area contributed by atoms with Gasteiger partial charge in [0.1, 0.15) is 6.42 Å². The smallest absolute Gasteiger partial charge is 0.311 e. The zero-order valence-corrected chi connectivity index (χ0v) is 7.47. The maximum Gasteiger partial charge on any atom is 0.311 e. The first-order valence-electron chi connectivity index (χ1n) is 3.91. The lowest BCUT2D eigenvalue weighted by Crippen LogP contribution is -2.06. The van der Waals surface area contributed by atoms with E-state index in [1.165, 1.54) is 0 Å². The number of benzene rings is 1. The summed E-state index contributed by atoms with van der Waals surface area (Å²) in [5.74, 6) is -4.19. The molecule has 0 radical (unpaired) electrons. The molecule has 0 saturated heterocycles. The van der Waals surface area contributed by atoms with Crippen molar-refractivity contribution in [3.8, 4) is 17.2 Å². The molecule has 0 aliphatic heterocycles. The molecule has 0 aromatic heterocycles. The van der Waals surface area contributed by atoms with E-state index in [1.54, 1.807) is 0 Å². The number of carbonyl (C=O) groups is 2. The highest BCUT2D eigenvalue weighted by Gasteiger charge is 2.15. The van der Waals surface area contributed by atoms with Gasteiger partial charge in [-0.25, -0.2) is 0 Å². The first kappa shape index (κ1) is 10.8. The highest BCUT2D eigenvalue weighted by atomic mass is 16.4. The van der Waals surface area contributed by atoms with Crippen LogP contribution in [0.4, 0.5) is 0 Å². The second kappa shape index (κ2) is 3.87. The third kappa shape index (κ3) is 2.37. The minimum atomic E-state index is -1.31. The van der Waals surface area contributed by atoms with Crippen molar-refractivity contribution in [2.24, 2.45) is 0 Å². The molecular formula is C9H8O6. The van der Waals surface area contributed by atoms with E-state index in [0.29, 0.717) is 0 Å². The predicted molar refractivity (Wildman–Crippen MR) is 48.0 cm³/mol. The van der Waals surface area contributed by atoms with Crippen LogP contribution in [0.1, 0.15) is 16.8 Å². The molecule has 15 heavy (non-hydrogen) atoms.